The number of nitrogen functional groups attached to an aromatic ring is 1. The highest BCUT2D eigenvalue weighted by Crippen LogP contribution is 2.17. The fourth-order valence-electron chi connectivity index (χ4n) is 1.80. The van der Waals surface area contributed by atoms with Gasteiger partial charge < -0.3 is 19.8 Å². The number of hydrogen-bond donors (Lipinski definition) is 1. The van der Waals surface area contributed by atoms with Crippen LogP contribution in [0, 0.1) is 0 Å². The normalized spacial score (nSPS) is 10.6. The summed E-state index contributed by atoms with van der Waals surface area (Å²) in [4.78, 5) is 10.6. The summed E-state index contributed by atoms with van der Waals surface area (Å²) in [6.45, 7) is 3.84. The van der Waals surface area contributed by atoms with Gasteiger partial charge in [-0.1, -0.05) is 0 Å². The topological polar surface area (TPSA) is 77.4 Å². The van der Waals surface area contributed by atoms with E-state index in [1.807, 2.05) is 12.1 Å². The highest BCUT2D eigenvalue weighted by atomic mass is 16.5. The molecule has 0 atom stereocenters. The highest BCUT2D eigenvalue weighted by Gasteiger charge is 2.11. The minimum absolute atomic E-state index is 0.344. The maximum atomic E-state index is 5.80. The minimum Gasteiger partial charge on any atom is -0.467 e. The summed E-state index contributed by atoms with van der Waals surface area (Å²) >= 11 is 0. The van der Waals surface area contributed by atoms with Crippen molar-refractivity contribution in [3.63, 3.8) is 0 Å². The number of ether oxygens (including phenoxy) is 1. The van der Waals surface area contributed by atoms with Gasteiger partial charge in [0.1, 0.15) is 24.0 Å². The molecule has 6 heteroatoms. The average Bonchev–Trinajstić information content (AvgIpc) is 2.88. The van der Waals surface area contributed by atoms with Gasteiger partial charge in [-0.15, -0.1) is 0 Å². The molecule has 0 aromatic carbocycles. The van der Waals surface area contributed by atoms with Crippen LogP contribution in [0.15, 0.2) is 28.9 Å². The molecule has 0 spiro atoms. The molecule has 6 nitrogen and oxygen atoms in total. The second-order valence-electron chi connectivity index (χ2n) is 4.09. The SMILES string of the molecule is CCN(Cc1ccco1)c1cc(N)nc(COC)n1. The van der Waals surface area contributed by atoms with Crippen LogP contribution in [-0.2, 0) is 17.9 Å². The molecule has 0 fully saturated rings. The Morgan fingerprint density at radius 1 is 1.42 bits per heavy atom. The quantitative estimate of drug-likeness (QED) is 0.855. The molecule has 0 bridgehead atoms. The second-order valence-corrected chi connectivity index (χ2v) is 4.09. The van der Waals surface area contributed by atoms with Crippen LogP contribution in [0.4, 0.5) is 11.6 Å². The van der Waals surface area contributed by atoms with Crippen molar-refractivity contribution in [3.05, 3.63) is 36.0 Å². The summed E-state index contributed by atoms with van der Waals surface area (Å²) in [6, 6.07) is 5.56. The maximum absolute atomic E-state index is 5.80. The second kappa shape index (κ2) is 6.19. The molecule has 2 heterocycles. The molecule has 2 aromatic heterocycles. The van der Waals surface area contributed by atoms with Gasteiger partial charge in [0.25, 0.3) is 0 Å². The van der Waals surface area contributed by atoms with Gasteiger partial charge in [-0.3, -0.25) is 0 Å². The molecule has 2 aromatic rings. The molecule has 0 aliphatic carbocycles. The zero-order valence-electron chi connectivity index (χ0n) is 11.2. The van der Waals surface area contributed by atoms with Crippen molar-refractivity contribution in [1.82, 2.24) is 9.97 Å². The lowest BCUT2D eigenvalue weighted by Gasteiger charge is -2.21. The first-order chi connectivity index (χ1) is 9.22. The first kappa shape index (κ1) is 13.4. The largest absolute Gasteiger partial charge is 0.467 e. The van der Waals surface area contributed by atoms with E-state index in [9.17, 15) is 0 Å². The van der Waals surface area contributed by atoms with Crippen LogP contribution >= 0.6 is 0 Å². The average molecular weight is 262 g/mol. The molecule has 2 rings (SSSR count). The third-order valence-corrected chi connectivity index (χ3v) is 2.68. The van der Waals surface area contributed by atoms with E-state index in [4.69, 9.17) is 14.9 Å². The smallest absolute Gasteiger partial charge is 0.158 e. The predicted octanol–water partition coefficient (Wildman–Crippen LogP) is 1.82. The fourth-order valence-corrected chi connectivity index (χ4v) is 1.80. The molecule has 0 unspecified atom stereocenters. The van der Waals surface area contributed by atoms with E-state index in [0.29, 0.717) is 24.8 Å². The van der Waals surface area contributed by atoms with Crippen LogP contribution in [0.1, 0.15) is 18.5 Å². The number of rotatable bonds is 6. The molecule has 0 saturated carbocycles. The first-order valence-electron chi connectivity index (χ1n) is 6.12. The monoisotopic (exact) mass is 262 g/mol. The summed E-state index contributed by atoms with van der Waals surface area (Å²) in [5.41, 5.74) is 5.80. The number of furan rings is 1. The molecule has 19 heavy (non-hydrogen) atoms. The molecule has 0 aliphatic rings. The molecule has 0 amide bonds. The van der Waals surface area contributed by atoms with Crippen LogP contribution < -0.4 is 10.6 Å². The summed E-state index contributed by atoms with van der Waals surface area (Å²) in [6.07, 6.45) is 1.66. The third kappa shape index (κ3) is 3.45. The van der Waals surface area contributed by atoms with Gasteiger partial charge in [0, 0.05) is 19.7 Å². The summed E-state index contributed by atoms with van der Waals surface area (Å²) in [5.74, 6) is 2.68. The van der Waals surface area contributed by atoms with Gasteiger partial charge in [0.05, 0.1) is 12.8 Å². The zero-order valence-corrected chi connectivity index (χ0v) is 11.2. The van der Waals surface area contributed by atoms with E-state index in [0.717, 1.165) is 18.1 Å². The molecule has 0 radical (unpaired) electrons. The fraction of sp³-hybridized carbons (Fsp3) is 0.385. The maximum Gasteiger partial charge on any atom is 0.158 e. The molecular formula is C13H18N4O2. The Hall–Kier alpha value is -2.08. The van der Waals surface area contributed by atoms with Crippen LogP contribution in [0.2, 0.25) is 0 Å². The van der Waals surface area contributed by atoms with Crippen LogP contribution in [-0.4, -0.2) is 23.6 Å². The third-order valence-electron chi connectivity index (χ3n) is 2.68. The van der Waals surface area contributed by atoms with E-state index in [-0.39, 0.29) is 0 Å². The summed E-state index contributed by atoms with van der Waals surface area (Å²) in [5, 5.41) is 0. The Morgan fingerprint density at radius 2 is 2.26 bits per heavy atom. The molecule has 2 N–H and O–H groups in total. The molecule has 102 valence electrons. The Morgan fingerprint density at radius 3 is 2.89 bits per heavy atom. The number of hydrogen-bond acceptors (Lipinski definition) is 6. The van der Waals surface area contributed by atoms with Crippen molar-refractivity contribution < 1.29 is 9.15 Å². The standard InChI is InChI=1S/C13H18N4O2/c1-3-17(8-10-5-4-6-19-10)13-7-11(14)15-12(16-13)9-18-2/h4-7H,3,8-9H2,1-2H3,(H2,14,15,16). The Labute approximate surface area is 112 Å². The zero-order chi connectivity index (χ0) is 13.7. The van der Waals surface area contributed by atoms with E-state index < -0.39 is 0 Å². The number of aromatic nitrogens is 2. The van der Waals surface area contributed by atoms with Gasteiger partial charge in [0.15, 0.2) is 5.82 Å². The number of anilines is 2. The van der Waals surface area contributed by atoms with Crippen molar-refractivity contribution in [2.75, 3.05) is 24.3 Å². The molecular weight excluding hydrogens is 244 g/mol. The Balaban J connectivity index is 2.21. The lowest BCUT2D eigenvalue weighted by Crippen LogP contribution is -2.23. The van der Waals surface area contributed by atoms with Crippen molar-refractivity contribution in [1.29, 1.82) is 0 Å². The predicted molar refractivity (Wildman–Crippen MR) is 72.6 cm³/mol. The van der Waals surface area contributed by atoms with E-state index in [1.165, 1.54) is 0 Å². The summed E-state index contributed by atoms with van der Waals surface area (Å²) < 4.78 is 10.4. The first-order valence-corrected chi connectivity index (χ1v) is 6.12. The van der Waals surface area contributed by atoms with Gasteiger partial charge in [-0.25, -0.2) is 9.97 Å². The van der Waals surface area contributed by atoms with Crippen molar-refractivity contribution >= 4 is 11.6 Å². The van der Waals surface area contributed by atoms with Crippen LogP contribution in [0.25, 0.3) is 0 Å². The summed E-state index contributed by atoms with van der Waals surface area (Å²) in [7, 11) is 1.60. The highest BCUT2D eigenvalue weighted by molar-refractivity contribution is 5.47. The van der Waals surface area contributed by atoms with Gasteiger partial charge in [0.2, 0.25) is 0 Å². The van der Waals surface area contributed by atoms with E-state index >= 15 is 0 Å². The molecule has 0 aliphatic heterocycles. The molecule has 0 saturated heterocycles. The van der Waals surface area contributed by atoms with Crippen molar-refractivity contribution in [2.24, 2.45) is 0 Å². The number of methoxy groups -OCH3 is 1. The van der Waals surface area contributed by atoms with E-state index in [2.05, 4.69) is 21.8 Å². The number of nitrogens with zero attached hydrogens (tertiary/aromatic N) is 3. The van der Waals surface area contributed by atoms with Gasteiger partial charge in [-0.05, 0) is 19.1 Å². The van der Waals surface area contributed by atoms with E-state index in [1.54, 1.807) is 19.4 Å². The van der Waals surface area contributed by atoms with Gasteiger partial charge in [-0.2, -0.15) is 0 Å². The van der Waals surface area contributed by atoms with Crippen LogP contribution in [0.3, 0.4) is 0 Å². The number of nitrogens with two attached hydrogens (primary N) is 1. The van der Waals surface area contributed by atoms with Crippen LogP contribution in [0.5, 0.6) is 0 Å². The lowest BCUT2D eigenvalue weighted by molar-refractivity contribution is 0.178. The minimum atomic E-state index is 0.344. The Bertz CT molecular complexity index is 513. The van der Waals surface area contributed by atoms with Gasteiger partial charge >= 0.3 is 0 Å². The van der Waals surface area contributed by atoms with Crippen molar-refractivity contribution in [3.8, 4) is 0 Å². The Kier molecular flexibility index (Phi) is 4.35. The lowest BCUT2D eigenvalue weighted by atomic mass is 10.3. The van der Waals surface area contributed by atoms with Crippen molar-refractivity contribution in [2.45, 2.75) is 20.1 Å².